The Morgan fingerprint density at radius 1 is 1.00 bits per heavy atom. The van der Waals surface area contributed by atoms with E-state index in [4.69, 9.17) is 9.47 Å². The highest BCUT2D eigenvalue weighted by Gasteiger charge is 2.39. The van der Waals surface area contributed by atoms with Gasteiger partial charge in [-0.1, -0.05) is 48.5 Å². The van der Waals surface area contributed by atoms with Crippen LogP contribution in [0.1, 0.15) is 22.6 Å². The predicted molar refractivity (Wildman–Crippen MR) is 110 cm³/mol. The second-order valence-corrected chi connectivity index (χ2v) is 7.44. The van der Waals surface area contributed by atoms with Crippen LogP contribution in [0, 0.1) is 0 Å². The standard InChI is InChI=1S/C24H20N2O4/c27-23-22(13-16-9-11-25-12-10-16)26(15-30-23)24(28)29-14-21-19-7-3-1-5-17(19)18-6-2-4-8-20(18)21/h1-12,21-22H,13-15H2/t22-/m0/s1. The zero-order valence-electron chi connectivity index (χ0n) is 16.2. The minimum absolute atomic E-state index is 0.0285. The molecule has 0 N–H and O–H groups in total. The SMILES string of the molecule is O=C1OCN(C(=O)OCC2c3ccccc3-c3ccccc32)[C@H]1Cc1ccncc1. The van der Waals surface area contributed by atoms with E-state index in [-0.39, 0.29) is 19.3 Å². The average molecular weight is 400 g/mol. The topological polar surface area (TPSA) is 68.7 Å². The molecule has 1 aromatic heterocycles. The summed E-state index contributed by atoms with van der Waals surface area (Å²) in [4.78, 5) is 30.4. The van der Waals surface area contributed by atoms with Crippen LogP contribution in [0.5, 0.6) is 0 Å². The first-order valence-electron chi connectivity index (χ1n) is 9.89. The van der Waals surface area contributed by atoms with Gasteiger partial charge in [0.05, 0.1) is 0 Å². The molecule has 2 heterocycles. The number of hydrogen-bond acceptors (Lipinski definition) is 5. The quantitative estimate of drug-likeness (QED) is 0.624. The van der Waals surface area contributed by atoms with Gasteiger partial charge in [-0.15, -0.1) is 0 Å². The smallest absolute Gasteiger partial charge is 0.413 e. The molecule has 1 aliphatic heterocycles. The van der Waals surface area contributed by atoms with Gasteiger partial charge in [0.2, 0.25) is 0 Å². The molecule has 0 bridgehead atoms. The summed E-state index contributed by atoms with van der Waals surface area (Å²) in [6, 6.07) is 19.3. The number of benzene rings is 2. The van der Waals surface area contributed by atoms with Crippen LogP contribution in [-0.2, 0) is 20.7 Å². The molecule has 3 aromatic rings. The van der Waals surface area contributed by atoms with Crippen LogP contribution in [0.25, 0.3) is 11.1 Å². The van der Waals surface area contributed by atoms with Crippen molar-refractivity contribution in [2.24, 2.45) is 0 Å². The van der Waals surface area contributed by atoms with Crippen LogP contribution in [0.15, 0.2) is 73.1 Å². The molecule has 5 rings (SSSR count). The molecule has 2 aliphatic rings. The number of pyridine rings is 1. The van der Waals surface area contributed by atoms with Crippen molar-refractivity contribution in [3.63, 3.8) is 0 Å². The number of rotatable bonds is 4. The Bertz CT molecular complexity index is 1050. The molecule has 2 aromatic carbocycles. The molecular formula is C24H20N2O4. The van der Waals surface area contributed by atoms with Crippen LogP contribution >= 0.6 is 0 Å². The molecule has 0 radical (unpaired) electrons. The summed E-state index contributed by atoms with van der Waals surface area (Å²) in [7, 11) is 0. The molecule has 6 nitrogen and oxygen atoms in total. The number of cyclic esters (lactones) is 1. The third kappa shape index (κ3) is 3.20. The molecule has 1 amide bonds. The lowest BCUT2D eigenvalue weighted by molar-refractivity contribution is -0.139. The highest BCUT2D eigenvalue weighted by Crippen LogP contribution is 2.44. The summed E-state index contributed by atoms with van der Waals surface area (Å²) >= 11 is 0. The van der Waals surface area contributed by atoms with Crippen molar-refractivity contribution < 1.29 is 19.1 Å². The van der Waals surface area contributed by atoms with Crippen LogP contribution in [0.3, 0.4) is 0 Å². The fourth-order valence-electron chi connectivity index (χ4n) is 4.24. The Balaban J connectivity index is 1.32. The number of nitrogens with zero attached hydrogens (tertiary/aromatic N) is 2. The second kappa shape index (κ2) is 7.63. The third-order valence-corrected chi connectivity index (χ3v) is 5.74. The molecule has 150 valence electrons. The first-order valence-corrected chi connectivity index (χ1v) is 9.89. The zero-order valence-corrected chi connectivity index (χ0v) is 16.2. The van der Waals surface area contributed by atoms with Crippen molar-refractivity contribution in [1.29, 1.82) is 0 Å². The van der Waals surface area contributed by atoms with Gasteiger partial charge in [0.25, 0.3) is 0 Å². The number of fused-ring (bicyclic) bond motifs is 3. The molecule has 1 aliphatic carbocycles. The van der Waals surface area contributed by atoms with Crippen LogP contribution in [0.4, 0.5) is 4.79 Å². The van der Waals surface area contributed by atoms with Crippen molar-refractivity contribution in [3.8, 4) is 11.1 Å². The van der Waals surface area contributed by atoms with E-state index in [0.29, 0.717) is 6.42 Å². The Morgan fingerprint density at radius 2 is 1.63 bits per heavy atom. The lowest BCUT2D eigenvalue weighted by atomic mass is 9.98. The maximum Gasteiger partial charge on any atom is 0.413 e. The van der Waals surface area contributed by atoms with Gasteiger partial charge in [-0.3, -0.25) is 9.88 Å². The van der Waals surface area contributed by atoms with Gasteiger partial charge in [-0.05, 0) is 39.9 Å². The fraction of sp³-hybridized carbons (Fsp3) is 0.208. The molecule has 1 saturated heterocycles. The van der Waals surface area contributed by atoms with Crippen LogP contribution in [0.2, 0.25) is 0 Å². The summed E-state index contributed by atoms with van der Waals surface area (Å²) < 4.78 is 10.8. The van der Waals surface area contributed by atoms with Crippen LogP contribution < -0.4 is 0 Å². The molecule has 6 heteroatoms. The normalized spacial score (nSPS) is 17.4. The summed E-state index contributed by atoms with van der Waals surface area (Å²) in [6.07, 6.45) is 3.15. The molecular weight excluding hydrogens is 380 g/mol. The summed E-state index contributed by atoms with van der Waals surface area (Å²) in [5, 5.41) is 0. The molecule has 30 heavy (non-hydrogen) atoms. The van der Waals surface area contributed by atoms with Gasteiger partial charge in [-0.2, -0.15) is 0 Å². The van der Waals surface area contributed by atoms with Gasteiger partial charge in [0.15, 0.2) is 6.73 Å². The van der Waals surface area contributed by atoms with Gasteiger partial charge < -0.3 is 9.47 Å². The van der Waals surface area contributed by atoms with Gasteiger partial charge in [0.1, 0.15) is 12.6 Å². The highest BCUT2D eigenvalue weighted by molar-refractivity contribution is 5.84. The number of aromatic nitrogens is 1. The fourth-order valence-corrected chi connectivity index (χ4v) is 4.24. The lowest BCUT2D eigenvalue weighted by Crippen LogP contribution is -2.40. The van der Waals surface area contributed by atoms with Crippen LogP contribution in [-0.4, -0.2) is 41.3 Å². The van der Waals surface area contributed by atoms with E-state index < -0.39 is 18.1 Å². The lowest BCUT2D eigenvalue weighted by Gasteiger charge is -2.21. The Labute approximate surface area is 174 Å². The van der Waals surface area contributed by atoms with E-state index in [1.165, 1.54) is 16.0 Å². The number of ether oxygens (including phenoxy) is 2. The van der Waals surface area contributed by atoms with Crippen molar-refractivity contribution in [2.45, 2.75) is 18.4 Å². The number of esters is 1. The number of carbonyl (C=O) groups excluding carboxylic acids is 2. The van der Waals surface area contributed by atoms with E-state index in [1.54, 1.807) is 12.4 Å². The number of carbonyl (C=O) groups is 2. The molecule has 0 unspecified atom stereocenters. The number of amides is 1. The largest absolute Gasteiger partial charge is 0.448 e. The summed E-state index contributed by atoms with van der Waals surface area (Å²) in [5.74, 6) is -0.445. The zero-order chi connectivity index (χ0) is 20.5. The molecule has 1 fully saturated rings. The Kier molecular flexibility index (Phi) is 4.67. The van der Waals surface area contributed by atoms with Gasteiger partial charge >= 0.3 is 12.1 Å². The number of hydrogen-bond donors (Lipinski definition) is 0. The van der Waals surface area contributed by atoms with Crippen molar-refractivity contribution >= 4 is 12.1 Å². The van der Waals surface area contributed by atoms with E-state index in [0.717, 1.165) is 16.7 Å². The molecule has 0 spiro atoms. The van der Waals surface area contributed by atoms with Crippen molar-refractivity contribution in [3.05, 3.63) is 89.7 Å². The predicted octanol–water partition coefficient (Wildman–Crippen LogP) is 3.76. The monoisotopic (exact) mass is 400 g/mol. The van der Waals surface area contributed by atoms with Gasteiger partial charge in [0, 0.05) is 24.7 Å². The first kappa shape index (κ1) is 18.4. The minimum atomic E-state index is -0.692. The first-order chi connectivity index (χ1) is 14.7. The van der Waals surface area contributed by atoms with E-state index in [2.05, 4.69) is 29.2 Å². The van der Waals surface area contributed by atoms with Crippen molar-refractivity contribution in [1.82, 2.24) is 9.88 Å². The summed E-state index contributed by atoms with van der Waals surface area (Å²) in [5.41, 5.74) is 5.54. The van der Waals surface area contributed by atoms with E-state index >= 15 is 0 Å². The summed E-state index contributed by atoms with van der Waals surface area (Å²) in [6.45, 7) is 0.116. The highest BCUT2D eigenvalue weighted by atomic mass is 16.6. The van der Waals surface area contributed by atoms with Crippen molar-refractivity contribution in [2.75, 3.05) is 13.3 Å². The minimum Gasteiger partial charge on any atom is -0.448 e. The van der Waals surface area contributed by atoms with E-state index in [1.807, 2.05) is 36.4 Å². The van der Waals surface area contributed by atoms with E-state index in [9.17, 15) is 9.59 Å². The maximum absolute atomic E-state index is 12.8. The molecule has 1 atom stereocenters. The Morgan fingerprint density at radius 3 is 2.30 bits per heavy atom. The third-order valence-electron chi connectivity index (χ3n) is 5.74. The maximum atomic E-state index is 12.8. The Hall–Kier alpha value is -3.67. The average Bonchev–Trinajstić information content (AvgIpc) is 3.31. The molecule has 0 saturated carbocycles. The second-order valence-electron chi connectivity index (χ2n) is 7.44. The van der Waals surface area contributed by atoms with Gasteiger partial charge in [-0.25, -0.2) is 9.59 Å².